The molecule has 1 aromatic heterocycles. The molecule has 0 radical (unpaired) electrons. The minimum atomic E-state index is -0.885. The van der Waals surface area contributed by atoms with Gasteiger partial charge in [0.1, 0.15) is 6.26 Å². The summed E-state index contributed by atoms with van der Waals surface area (Å²) in [6.45, 7) is 2.50. The summed E-state index contributed by atoms with van der Waals surface area (Å²) < 4.78 is 11.6. The maximum Gasteiger partial charge on any atom is 0.350 e. The van der Waals surface area contributed by atoms with Crippen LogP contribution >= 0.6 is 0 Å². The van der Waals surface area contributed by atoms with Crippen LogP contribution in [0.3, 0.4) is 0 Å². The van der Waals surface area contributed by atoms with Crippen molar-refractivity contribution in [2.45, 2.75) is 25.2 Å². The SMILES string of the molecule is Cc1ccnc(C23OCCC2=NC(=O)N2C=COC23)c1. The number of carbonyl (C=O) groups is 1. The highest BCUT2D eigenvalue weighted by Crippen LogP contribution is 2.43. The van der Waals surface area contributed by atoms with Gasteiger partial charge in [-0.1, -0.05) is 0 Å². The average molecular weight is 271 g/mol. The van der Waals surface area contributed by atoms with E-state index in [1.807, 2.05) is 19.1 Å². The first kappa shape index (κ1) is 11.6. The van der Waals surface area contributed by atoms with Crippen LogP contribution in [0.15, 0.2) is 35.8 Å². The van der Waals surface area contributed by atoms with E-state index >= 15 is 0 Å². The Kier molecular flexibility index (Phi) is 2.26. The van der Waals surface area contributed by atoms with Crippen molar-refractivity contribution in [3.05, 3.63) is 42.0 Å². The Labute approximate surface area is 115 Å². The Morgan fingerprint density at radius 1 is 1.50 bits per heavy atom. The number of pyridine rings is 1. The largest absolute Gasteiger partial charge is 0.472 e. The molecule has 0 N–H and O–H groups in total. The summed E-state index contributed by atoms with van der Waals surface area (Å²) in [7, 11) is 0. The van der Waals surface area contributed by atoms with Crippen molar-refractivity contribution in [1.29, 1.82) is 0 Å². The second-order valence-corrected chi connectivity index (χ2v) is 5.07. The molecule has 6 nitrogen and oxygen atoms in total. The van der Waals surface area contributed by atoms with Crippen LogP contribution in [-0.4, -0.2) is 34.5 Å². The molecule has 2 unspecified atom stereocenters. The number of fused-ring (bicyclic) bond motifs is 3. The Morgan fingerprint density at radius 2 is 2.40 bits per heavy atom. The van der Waals surface area contributed by atoms with Gasteiger partial charge in [-0.3, -0.25) is 9.88 Å². The van der Waals surface area contributed by atoms with Crippen LogP contribution in [-0.2, 0) is 15.1 Å². The van der Waals surface area contributed by atoms with E-state index in [4.69, 9.17) is 9.47 Å². The average Bonchev–Trinajstić information content (AvgIpc) is 3.05. The monoisotopic (exact) mass is 271 g/mol. The van der Waals surface area contributed by atoms with Crippen LogP contribution in [0, 0.1) is 6.92 Å². The Hall–Kier alpha value is -2.21. The van der Waals surface area contributed by atoms with Gasteiger partial charge in [0.2, 0.25) is 11.8 Å². The minimum absolute atomic E-state index is 0.312. The minimum Gasteiger partial charge on any atom is -0.472 e. The number of aryl methyl sites for hydroxylation is 1. The van der Waals surface area contributed by atoms with Crippen molar-refractivity contribution in [1.82, 2.24) is 9.88 Å². The zero-order valence-corrected chi connectivity index (χ0v) is 10.9. The van der Waals surface area contributed by atoms with E-state index in [0.29, 0.717) is 18.7 Å². The summed E-state index contributed by atoms with van der Waals surface area (Å²) in [5.41, 5.74) is 1.63. The first-order valence-electron chi connectivity index (χ1n) is 6.51. The van der Waals surface area contributed by atoms with Crippen LogP contribution in [0.5, 0.6) is 0 Å². The Balaban J connectivity index is 1.93. The molecule has 4 rings (SSSR count). The summed E-state index contributed by atoms with van der Waals surface area (Å²) in [5, 5.41) is 0. The smallest absolute Gasteiger partial charge is 0.350 e. The van der Waals surface area contributed by atoms with Crippen LogP contribution < -0.4 is 0 Å². The highest BCUT2D eigenvalue weighted by Gasteiger charge is 2.59. The fourth-order valence-corrected chi connectivity index (χ4v) is 2.97. The molecular weight excluding hydrogens is 258 g/mol. The molecule has 2 atom stereocenters. The number of ether oxygens (including phenoxy) is 2. The van der Waals surface area contributed by atoms with Gasteiger partial charge in [-0.15, -0.1) is 0 Å². The molecule has 1 aromatic rings. The van der Waals surface area contributed by atoms with Crippen molar-refractivity contribution < 1.29 is 14.3 Å². The third-order valence-electron chi connectivity index (χ3n) is 3.87. The van der Waals surface area contributed by atoms with Crippen molar-refractivity contribution in [3.8, 4) is 0 Å². The molecular formula is C14H13N3O3. The molecule has 0 aromatic carbocycles. The van der Waals surface area contributed by atoms with E-state index in [2.05, 4.69) is 9.98 Å². The highest BCUT2D eigenvalue weighted by atomic mass is 16.6. The molecule has 2 amide bonds. The molecule has 3 aliphatic rings. The standard InChI is InChI=1S/C14H13N3O3/c1-9-2-4-15-11(8-9)14-10(3-6-20-14)16-13(18)17-5-7-19-12(14)17/h2,4-5,7-8,12H,3,6H2,1H3. The molecule has 6 heteroatoms. The maximum atomic E-state index is 12.0. The number of hydrogen-bond donors (Lipinski definition) is 0. The Morgan fingerprint density at radius 3 is 3.25 bits per heavy atom. The van der Waals surface area contributed by atoms with Crippen LogP contribution in [0.4, 0.5) is 4.79 Å². The number of rotatable bonds is 1. The third-order valence-corrected chi connectivity index (χ3v) is 3.87. The molecule has 0 spiro atoms. The lowest BCUT2D eigenvalue weighted by atomic mass is 9.88. The quantitative estimate of drug-likeness (QED) is 0.780. The third kappa shape index (κ3) is 1.34. The zero-order chi connectivity index (χ0) is 13.7. The molecule has 1 saturated heterocycles. The topological polar surface area (TPSA) is 64.0 Å². The lowest BCUT2D eigenvalue weighted by Crippen LogP contribution is -2.56. The van der Waals surface area contributed by atoms with Gasteiger partial charge < -0.3 is 9.47 Å². The normalized spacial score (nSPS) is 30.9. The number of urea groups is 1. The van der Waals surface area contributed by atoms with Crippen molar-refractivity contribution in [3.63, 3.8) is 0 Å². The van der Waals surface area contributed by atoms with E-state index in [0.717, 1.165) is 11.3 Å². The van der Waals surface area contributed by atoms with E-state index in [1.165, 1.54) is 11.2 Å². The number of amides is 2. The lowest BCUT2D eigenvalue weighted by molar-refractivity contribution is -0.103. The number of nitrogens with zero attached hydrogens (tertiary/aromatic N) is 3. The van der Waals surface area contributed by atoms with Gasteiger partial charge >= 0.3 is 6.03 Å². The first-order valence-corrected chi connectivity index (χ1v) is 6.51. The Bertz CT molecular complexity index is 655. The van der Waals surface area contributed by atoms with Gasteiger partial charge in [-0.2, -0.15) is 4.99 Å². The number of aromatic nitrogens is 1. The summed E-state index contributed by atoms with van der Waals surface area (Å²) >= 11 is 0. The summed E-state index contributed by atoms with van der Waals surface area (Å²) in [6, 6.07) is 3.56. The highest BCUT2D eigenvalue weighted by molar-refractivity contribution is 6.05. The van der Waals surface area contributed by atoms with Gasteiger partial charge in [0.25, 0.3) is 0 Å². The number of carbonyl (C=O) groups excluding carboxylic acids is 1. The number of aliphatic imine (C=N–C) groups is 1. The van der Waals surface area contributed by atoms with Crippen LogP contribution in [0.1, 0.15) is 17.7 Å². The van der Waals surface area contributed by atoms with E-state index < -0.39 is 11.8 Å². The summed E-state index contributed by atoms with van der Waals surface area (Å²) in [5.74, 6) is 0. The number of hydrogen-bond acceptors (Lipinski definition) is 4. The summed E-state index contributed by atoms with van der Waals surface area (Å²) in [6.07, 6.45) is 4.89. The molecule has 102 valence electrons. The molecule has 0 bridgehead atoms. The van der Waals surface area contributed by atoms with Gasteiger partial charge in [0.15, 0.2) is 0 Å². The van der Waals surface area contributed by atoms with Crippen LogP contribution in [0.2, 0.25) is 0 Å². The maximum absolute atomic E-state index is 12.0. The molecule has 1 fully saturated rings. The van der Waals surface area contributed by atoms with Crippen molar-refractivity contribution in [2.24, 2.45) is 4.99 Å². The second-order valence-electron chi connectivity index (χ2n) is 5.07. The van der Waals surface area contributed by atoms with E-state index in [-0.39, 0.29) is 6.03 Å². The zero-order valence-electron chi connectivity index (χ0n) is 10.9. The summed E-state index contributed by atoms with van der Waals surface area (Å²) in [4.78, 5) is 22.1. The molecule has 0 saturated carbocycles. The van der Waals surface area contributed by atoms with E-state index in [9.17, 15) is 4.79 Å². The molecule has 4 heterocycles. The van der Waals surface area contributed by atoms with Crippen LogP contribution in [0.25, 0.3) is 0 Å². The van der Waals surface area contributed by atoms with Crippen molar-refractivity contribution in [2.75, 3.05) is 6.61 Å². The van der Waals surface area contributed by atoms with Gasteiger partial charge in [0, 0.05) is 18.8 Å². The predicted molar refractivity (Wildman–Crippen MR) is 69.9 cm³/mol. The van der Waals surface area contributed by atoms with Gasteiger partial charge in [-0.05, 0) is 24.6 Å². The predicted octanol–water partition coefficient (Wildman–Crippen LogP) is 1.71. The lowest BCUT2D eigenvalue weighted by Gasteiger charge is -2.39. The van der Waals surface area contributed by atoms with E-state index in [1.54, 1.807) is 12.4 Å². The first-order chi connectivity index (χ1) is 9.72. The van der Waals surface area contributed by atoms with Gasteiger partial charge in [-0.25, -0.2) is 4.79 Å². The van der Waals surface area contributed by atoms with Gasteiger partial charge in [0.05, 0.1) is 18.0 Å². The molecule has 20 heavy (non-hydrogen) atoms. The molecule has 3 aliphatic heterocycles. The fraction of sp³-hybridized carbons (Fsp3) is 0.357. The van der Waals surface area contributed by atoms with Crippen molar-refractivity contribution >= 4 is 11.7 Å². The second kappa shape index (κ2) is 3.89. The fourth-order valence-electron chi connectivity index (χ4n) is 2.97. The molecule has 0 aliphatic carbocycles.